The largest absolute Gasteiger partial charge is 0.508 e. The lowest BCUT2D eigenvalue weighted by Gasteiger charge is -2.58. The summed E-state index contributed by atoms with van der Waals surface area (Å²) in [5, 5.41) is 28.2. The van der Waals surface area contributed by atoms with Gasteiger partial charge in [0.25, 0.3) is 0 Å². The first-order valence-electron chi connectivity index (χ1n) is 13.0. The van der Waals surface area contributed by atoms with Crippen LogP contribution in [0.5, 0.6) is 5.75 Å². The molecule has 7 heteroatoms. The minimum Gasteiger partial charge on any atom is -0.508 e. The Hall–Kier alpha value is -2.12. The average Bonchev–Trinajstić information content (AvgIpc) is 3.70. The molecule has 3 unspecified atom stereocenters. The van der Waals surface area contributed by atoms with Gasteiger partial charge in [-0.3, -0.25) is 15.0 Å². The number of hydrogen-bond donors (Lipinski definition) is 4. The highest BCUT2D eigenvalue weighted by Gasteiger charge is 2.59. The van der Waals surface area contributed by atoms with Crippen LogP contribution in [0.2, 0.25) is 0 Å². The number of imide groups is 1. The predicted octanol–water partition coefficient (Wildman–Crippen LogP) is 3.60. The number of phenolic OH excluding ortho intramolecular Hbond substituents is 1. The maximum atomic E-state index is 13.3. The van der Waals surface area contributed by atoms with E-state index in [1.165, 1.54) is 12.8 Å². The van der Waals surface area contributed by atoms with Crippen LogP contribution in [0.15, 0.2) is 18.2 Å². The van der Waals surface area contributed by atoms with Crippen LogP contribution in [0.4, 0.5) is 4.79 Å². The third-order valence-electron chi connectivity index (χ3n) is 8.41. The third-order valence-corrected chi connectivity index (χ3v) is 8.41. The molecule has 3 amide bonds. The molecule has 1 heterocycles. The molecule has 1 aliphatic heterocycles. The van der Waals surface area contributed by atoms with Crippen LogP contribution < -0.4 is 10.6 Å². The summed E-state index contributed by atoms with van der Waals surface area (Å²) in [4.78, 5) is 28.0. The number of likely N-dealkylation sites (tertiary alicyclic amines) is 1. The summed E-state index contributed by atoms with van der Waals surface area (Å²) in [6.45, 7) is 8.41. The number of phenols is 1. The van der Waals surface area contributed by atoms with Gasteiger partial charge in [-0.2, -0.15) is 0 Å². The van der Waals surface area contributed by atoms with Gasteiger partial charge in [-0.05, 0) is 94.0 Å². The Balaban J connectivity index is 1.66. The molecular weight excluding hydrogens is 430 g/mol. The molecule has 7 nitrogen and oxygen atoms in total. The van der Waals surface area contributed by atoms with Crippen LogP contribution in [0.25, 0.3) is 0 Å². The zero-order valence-electron chi connectivity index (χ0n) is 20.9. The van der Waals surface area contributed by atoms with Gasteiger partial charge in [0.15, 0.2) is 0 Å². The van der Waals surface area contributed by atoms with Crippen molar-refractivity contribution in [2.45, 2.75) is 89.2 Å². The summed E-state index contributed by atoms with van der Waals surface area (Å²) in [6.07, 6.45) is 6.59. The Labute approximate surface area is 203 Å². The van der Waals surface area contributed by atoms with Crippen LogP contribution in [0.1, 0.15) is 76.3 Å². The first-order chi connectivity index (χ1) is 16.2. The molecular formula is C27H41N3O4. The van der Waals surface area contributed by atoms with Gasteiger partial charge in [0, 0.05) is 31.0 Å². The minimum atomic E-state index is -1.19. The Morgan fingerprint density at radius 1 is 1.18 bits per heavy atom. The number of piperidine rings is 1. The Morgan fingerprint density at radius 3 is 2.53 bits per heavy atom. The van der Waals surface area contributed by atoms with Crippen molar-refractivity contribution in [3.05, 3.63) is 29.3 Å². The topological polar surface area (TPSA) is 102 Å². The van der Waals surface area contributed by atoms with Gasteiger partial charge in [-0.15, -0.1) is 0 Å². The second-order valence-electron chi connectivity index (χ2n) is 11.0. The molecule has 0 bridgehead atoms. The highest BCUT2D eigenvalue weighted by molar-refractivity contribution is 5.95. The molecule has 3 fully saturated rings. The number of rotatable bonds is 9. The first kappa shape index (κ1) is 25.0. The number of carbonyl (C=O) groups is 2. The minimum absolute atomic E-state index is 0.00769. The molecule has 0 radical (unpaired) electrons. The number of carbonyl (C=O) groups excluding carboxylic acids is 2. The van der Waals surface area contributed by atoms with Crippen molar-refractivity contribution in [1.29, 1.82) is 0 Å². The van der Waals surface area contributed by atoms with Gasteiger partial charge in [0.05, 0.1) is 5.60 Å². The predicted molar refractivity (Wildman–Crippen MR) is 132 cm³/mol. The van der Waals surface area contributed by atoms with Crippen molar-refractivity contribution >= 4 is 11.9 Å². The first-order valence-corrected chi connectivity index (χ1v) is 13.0. The number of amides is 3. The number of aliphatic hydroxyl groups is 1. The van der Waals surface area contributed by atoms with E-state index in [0.29, 0.717) is 31.2 Å². The third kappa shape index (κ3) is 5.10. The van der Waals surface area contributed by atoms with Gasteiger partial charge in [0.1, 0.15) is 5.75 Å². The van der Waals surface area contributed by atoms with E-state index in [2.05, 4.69) is 29.4 Å². The molecule has 188 valence electrons. The zero-order chi connectivity index (χ0) is 24.5. The van der Waals surface area contributed by atoms with E-state index in [4.69, 9.17) is 0 Å². The van der Waals surface area contributed by atoms with Crippen molar-refractivity contribution in [3.63, 3.8) is 0 Å². The Morgan fingerprint density at radius 2 is 1.88 bits per heavy atom. The maximum absolute atomic E-state index is 13.3. The van der Waals surface area contributed by atoms with E-state index in [0.717, 1.165) is 43.5 Å². The smallest absolute Gasteiger partial charge is 0.321 e. The molecule has 3 aliphatic rings. The summed E-state index contributed by atoms with van der Waals surface area (Å²) in [6, 6.07) is 4.57. The fourth-order valence-electron chi connectivity index (χ4n) is 6.04. The van der Waals surface area contributed by atoms with Gasteiger partial charge in [-0.25, -0.2) is 4.79 Å². The second-order valence-corrected chi connectivity index (χ2v) is 11.0. The Bertz CT molecular complexity index is 913. The second kappa shape index (κ2) is 9.86. The highest BCUT2D eigenvalue weighted by Crippen LogP contribution is 2.52. The molecule has 1 saturated heterocycles. The number of aryl methyl sites for hydroxylation is 1. The van der Waals surface area contributed by atoms with E-state index in [-0.39, 0.29) is 18.2 Å². The van der Waals surface area contributed by atoms with E-state index in [1.54, 1.807) is 12.1 Å². The SMILES string of the molecule is CCCC1(O)C(C)N(CC2CC2)CCC1(CC(=O)NC(=O)NCC1CC1)c1cc(O)ccc1C. The van der Waals surface area contributed by atoms with Crippen LogP contribution in [-0.4, -0.2) is 58.3 Å². The van der Waals surface area contributed by atoms with Gasteiger partial charge in [0.2, 0.25) is 5.91 Å². The van der Waals surface area contributed by atoms with Crippen LogP contribution >= 0.6 is 0 Å². The summed E-state index contributed by atoms with van der Waals surface area (Å²) in [5.74, 6) is 0.943. The lowest BCUT2D eigenvalue weighted by molar-refractivity contribution is -0.151. The van der Waals surface area contributed by atoms with E-state index in [9.17, 15) is 19.8 Å². The van der Waals surface area contributed by atoms with Crippen LogP contribution in [0.3, 0.4) is 0 Å². The average molecular weight is 472 g/mol. The summed E-state index contributed by atoms with van der Waals surface area (Å²) >= 11 is 0. The van der Waals surface area contributed by atoms with E-state index in [1.807, 2.05) is 13.0 Å². The molecule has 1 aromatic rings. The van der Waals surface area contributed by atoms with Crippen molar-refractivity contribution in [1.82, 2.24) is 15.5 Å². The summed E-state index contributed by atoms with van der Waals surface area (Å²) in [7, 11) is 0. The van der Waals surface area contributed by atoms with Gasteiger partial charge in [-0.1, -0.05) is 19.4 Å². The molecule has 2 saturated carbocycles. The normalized spacial score (nSPS) is 29.6. The fourth-order valence-corrected chi connectivity index (χ4v) is 6.04. The molecule has 34 heavy (non-hydrogen) atoms. The maximum Gasteiger partial charge on any atom is 0.321 e. The van der Waals surface area contributed by atoms with Crippen molar-refractivity contribution < 1.29 is 19.8 Å². The molecule has 0 aromatic heterocycles. The molecule has 0 spiro atoms. The summed E-state index contributed by atoms with van der Waals surface area (Å²) in [5.41, 5.74) is -0.363. The molecule has 3 atom stereocenters. The number of benzene rings is 1. The van der Waals surface area contributed by atoms with Crippen LogP contribution in [-0.2, 0) is 10.2 Å². The fraction of sp³-hybridized carbons (Fsp3) is 0.704. The van der Waals surface area contributed by atoms with Crippen molar-refractivity contribution in [2.24, 2.45) is 11.8 Å². The lowest BCUT2D eigenvalue weighted by Crippen LogP contribution is -2.69. The molecule has 4 N–H and O–H groups in total. The standard InChI is InChI=1S/C27H41N3O4/c1-4-11-27(34)19(3)30(17-21-8-9-21)13-12-26(27,23-14-22(31)10-5-18(23)2)15-24(32)29-25(33)28-16-20-6-7-20/h5,10,14,19-21,31,34H,4,6-9,11-13,15-17H2,1-3H3,(H2,28,29,32,33). The molecule has 1 aromatic carbocycles. The lowest BCUT2D eigenvalue weighted by atomic mass is 9.56. The number of aromatic hydroxyl groups is 1. The number of nitrogens with one attached hydrogen (secondary N) is 2. The van der Waals surface area contributed by atoms with E-state index >= 15 is 0 Å². The molecule has 2 aliphatic carbocycles. The zero-order valence-corrected chi connectivity index (χ0v) is 20.9. The number of urea groups is 1. The van der Waals surface area contributed by atoms with E-state index < -0.39 is 23.0 Å². The highest BCUT2D eigenvalue weighted by atomic mass is 16.3. The molecule has 4 rings (SSSR count). The van der Waals surface area contributed by atoms with Gasteiger partial charge >= 0.3 is 6.03 Å². The summed E-state index contributed by atoms with van der Waals surface area (Å²) < 4.78 is 0. The quantitative estimate of drug-likeness (QED) is 0.441. The Kier molecular flexibility index (Phi) is 7.25. The number of nitrogens with zero attached hydrogens (tertiary/aromatic N) is 1. The monoisotopic (exact) mass is 471 g/mol. The van der Waals surface area contributed by atoms with Crippen LogP contribution in [0, 0.1) is 18.8 Å². The van der Waals surface area contributed by atoms with Gasteiger partial charge < -0.3 is 15.5 Å². The van der Waals surface area contributed by atoms with Crippen molar-refractivity contribution in [2.75, 3.05) is 19.6 Å². The number of hydrogen-bond acceptors (Lipinski definition) is 5. The van der Waals surface area contributed by atoms with Crippen molar-refractivity contribution in [3.8, 4) is 5.75 Å².